The van der Waals surface area contributed by atoms with Gasteiger partial charge in [-0.3, -0.25) is 14.3 Å². The number of benzene rings is 3. The molecule has 2 aliphatic heterocycles. The molecule has 1 aromatic heterocycles. The topological polar surface area (TPSA) is 112 Å². The summed E-state index contributed by atoms with van der Waals surface area (Å²) < 4.78 is 1.75. The van der Waals surface area contributed by atoms with Gasteiger partial charge < -0.3 is 20.0 Å². The number of aromatic nitrogens is 3. The molecule has 0 bridgehead atoms. The first-order chi connectivity index (χ1) is 22.9. The highest BCUT2D eigenvalue weighted by molar-refractivity contribution is 6.07. The summed E-state index contributed by atoms with van der Waals surface area (Å²) >= 11 is 0. The Labute approximate surface area is 276 Å². The summed E-state index contributed by atoms with van der Waals surface area (Å²) in [6.07, 6.45) is 11.0. The number of hydrogen-bond acceptors (Lipinski definition) is 6. The van der Waals surface area contributed by atoms with Gasteiger partial charge in [0.2, 0.25) is 5.91 Å². The lowest BCUT2D eigenvalue weighted by Gasteiger charge is -2.28. The Hall–Kier alpha value is -4.60. The molecule has 3 heterocycles. The smallest absolute Gasteiger partial charge is 0.264 e. The first-order valence-electron chi connectivity index (χ1n) is 16.7. The van der Waals surface area contributed by atoms with Gasteiger partial charge in [0.1, 0.15) is 0 Å². The van der Waals surface area contributed by atoms with E-state index in [1.807, 2.05) is 109 Å². The van der Waals surface area contributed by atoms with Gasteiger partial charge in [0, 0.05) is 42.9 Å². The van der Waals surface area contributed by atoms with E-state index in [-0.39, 0.29) is 30.9 Å². The lowest BCUT2D eigenvalue weighted by molar-refractivity contribution is -0.139. The summed E-state index contributed by atoms with van der Waals surface area (Å²) in [5.74, 6) is -0.949. The predicted octanol–water partition coefficient (Wildman–Crippen LogP) is 5.72. The second kappa shape index (κ2) is 14.4. The van der Waals surface area contributed by atoms with Crippen LogP contribution in [0.5, 0.6) is 0 Å². The molecule has 1 fully saturated rings. The lowest BCUT2D eigenvalue weighted by Crippen LogP contribution is -2.44. The van der Waals surface area contributed by atoms with E-state index in [1.54, 1.807) is 9.58 Å². The van der Waals surface area contributed by atoms with Gasteiger partial charge in [-0.2, -0.15) is 0 Å². The van der Waals surface area contributed by atoms with Crippen molar-refractivity contribution >= 4 is 23.2 Å². The van der Waals surface area contributed by atoms with Crippen molar-refractivity contribution in [1.29, 1.82) is 0 Å². The zero-order valence-electron chi connectivity index (χ0n) is 26.9. The number of aliphatic hydroxyl groups excluding tert-OH is 1. The summed E-state index contributed by atoms with van der Waals surface area (Å²) in [6.45, 7) is 3.36. The molecule has 2 amide bonds. The van der Waals surface area contributed by atoms with E-state index in [2.05, 4.69) is 10.3 Å². The highest BCUT2D eigenvalue weighted by Crippen LogP contribution is 2.45. The van der Waals surface area contributed by atoms with Crippen LogP contribution in [0.15, 0.2) is 97.2 Å². The van der Waals surface area contributed by atoms with Crippen molar-refractivity contribution in [3.63, 3.8) is 0 Å². The van der Waals surface area contributed by atoms with Crippen LogP contribution < -0.4 is 9.80 Å². The van der Waals surface area contributed by atoms with E-state index in [0.717, 1.165) is 42.5 Å². The second-order valence-electron chi connectivity index (χ2n) is 12.6. The Morgan fingerprint density at radius 2 is 1.74 bits per heavy atom. The van der Waals surface area contributed by atoms with Crippen LogP contribution in [0.2, 0.25) is 0 Å². The molecule has 1 unspecified atom stereocenters. The zero-order chi connectivity index (χ0) is 32.8. The van der Waals surface area contributed by atoms with Gasteiger partial charge in [0.25, 0.3) is 5.91 Å². The molecular formula is C38H43N5O4. The number of allylic oxidation sites excluding steroid dienone is 1. The van der Waals surface area contributed by atoms with Crippen molar-refractivity contribution in [2.24, 2.45) is 5.92 Å². The summed E-state index contributed by atoms with van der Waals surface area (Å²) in [7, 11) is 0. The number of para-hydroxylation sites is 1. The number of carbonyl (C=O) groups excluding carboxylic acids is 2. The molecule has 0 saturated carbocycles. The lowest BCUT2D eigenvalue weighted by atomic mass is 9.83. The van der Waals surface area contributed by atoms with Gasteiger partial charge >= 0.3 is 0 Å². The van der Waals surface area contributed by atoms with Gasteiger partial charge in [-0.15, -0.1) is 5.10 Å². The Bertz CT molecular complexity index is 1720. The minimum atomic E-state index is -1.71. The first kappa shape index (κ1) is 32.3. The third kappa shape index (κ3) is 6.77. The quantitative estimate of drug-likeness (QED) is 0.205. The average molecular weight is 634 g/mol. The zero-order valence-corrected chi connectivity index (χ0v) is 26.9. The van der Waals surface area contributed by atoms with E-state index < -0.39 is 11.5 Å². The number of aryl methyl sites for hydroxylation is 1. The van der Waals surface area contributed by atoms with Crippen LogP contribution in [0.25, 0.3) is 0 Å². The number of rotatable bonds is 11. The number of hydrogen-bond donors (Lipinski definition) is 2. The monoisotopic (exact) mass is 633 g/mol. The van der Waals surface area contributed by atoms with Gasteiger partial charge in [-0.05, 0) is 48.6 Å². The average Bonchev–Trinajstić information content (AvgIpc) is 3.63. The minimum Gasteiger partial charge on any atom is -0.395 e. The molecule has 244 valence electrons. The highest BCUT2D eigenvalue weighted by atomic mass is 16.3. The maximum Gasteiger partial charge on any atom is 0.264 e. The highest BCUT2D eigenvalue weighted by Gasteiger charge is 2.52. The van der Waals surface area contributed by atoms with Crippen molar-refractivity contribution in [2.45, 2.75) is 70.1 Å². The van der Waals surface area contributed by atoms with E-state index in [1.165, 1.54) is 0 Å². The van der Waals surface area contributed by atoms with E-state index in [0.29, 0.717) is 42.9 Å². The second-order valence-corrected chi connectivity index (χ2v) is 12.6. The fourth-order valence-electron chi connectivity index (χ4n) is 6.78. The van der Waals surface area contributed by atoms with Crippen LogP contribution in [0.1, 0.15) is 73.8 Å². The Balaban J connectivity index is 1.13. The molecule has 47 heavy (non-hydrogen) atoms. The molecule has 3 aromatic carbocycles. The predicted molar refractivity (Wildman–Crippen MR) is 182 cm³/mol. The SMILES string of the molecule is C[C@@H](/C=C/CCn1cc(C(CO)c2ccccc2)nn1)[C@]1(O)C(=O)N(Cc2cccc(N3CCCCCCC3=O)c2)c2ccccc21. The Morgan fingerprint density at radius 3 is 2.57 bits per heavy atom. The van der Waals surface area contributed by atoms with E-state index in [9.17, 15) is 19.8 Å². The Morgan fingerprint density at radius 1 is 0.957 bits per heavy atom. The molecule has 0 aliphatic carbocycles. The largest absolute Gasteiger partial charge is 0.395 e. The molecule has 1 saturated heterocycles. The molecule has 3 atom stereocenters. The van der Waals surface area contributed by atoms with Crippen LogP contribution in [-0.4, -0.2) is 50.2 Å². The molecule has 9 nitrogen and oxygen atoms in total. The number of nitrogens with zero attached hydrogens (tertiary/aromatic N) is 5. The maximum atomic E-state index is 14.1. The molecule has 9 heteroatoms. The van der Waals surface area contributed by atoms with Gasteiger partial charge in [0.15, 0.2) is 5.60 Å². The van der Waals surface area contributed by atoms with E-state index >= 15 is 0 Å². The standard InChI is InChI=1S/C38H43N5O4/c1-28(14-10-12-22-41-26-34(39-40-41)32(27-44)30-16-5-4-6-17-30)38(47)33-19-8-9-20-35(33)43(37(38)46)25-29-15-13-18-31(24-29)42-23-11-3-2-7-21-36(42)45/h4-6,8-10,13-20,24,26,28,32,44,47H,2-3,7,11-12,21-23,25,27H2,1H3/b14-10+/t28-,32?,38+/m0/s1. The van der Waals surface area contributed by atoms with Crippen molar-refractivity contribution in [2.75, 3.05) is 23.0 Å². The normalized spacial score (nSPS) is 19.9. The maximum absolute atomic E-state index is 14.1. The number of anilines is 2. The molecular weight excluding hydrogens is 590 g/mol. The van der Waals surface area contributed by atoms with Crippen LogP contribution in [0.4, 0.5) is 11.4 Å². The number of carbonyl (C=O) groups is 2. The van der Waals surface area contributed by atoms with Crippen molar-refractivity contribution in [3.05, 3.63) is 120 Å². The van der Waals surface area contributed by atoms with Gasteiger partial charge in [-0.1, -0.05) is 97.8 Å². The summed E-state index contributed by atoms with van der Waals surface area (Å²) in [4.78, 5) is 30.5. The van der Waals surface area contributed by atoms with Crippen LogP contribution >= 0.6 is 0 Å². The number of amides is 2. The molecule has 0 radical (unpaired) electrons. The molecule has 0 spiro atoms. The van der Waals surface area contributed by atoms with Gasteiger partial charge in [0.05, 0.1) is 30.5 Å². The fourth-order valence-corrected chi connectivity index (χ4v) is 6.78. The number of fused-ring (bicyclic) bond motifs is 1. The minimum absolute atomic E-state index is 0.0607. The molecule has 2 aliphatic rings. The molecule has 2 N–H and O–H groups in total. The van der Waals surface area contributed by atoms with E-state index in [4.69, 9.17) is 0 Å². The summed E-state index contributed by atoms with van der Waals surface area (Å²) in [6, 6.07) is 25.0. The van der Waals surface area contributed by atoms with Gasteiger partial charge in [-0.25, -0.2) is 0 Å². The Kier molecular flexibility index (Phi) is 9.94. The number of aliphatic hydroxyl groups is 2. The first-order valence-corrected chi connectivity index (χ1v) is 16.7. The molecule has 6 rings (SSSR count). The summed E-state index contributed by atoms with van der Waals surface area (Å²) in [5, 5.41) is 30.6. The van der Waals surface area contributed by atoms with Crippen LogP contribution in [-0.2, 0) is 28.3 Å². The van der Waals surface area contributed by atoms with Crippen molar-refractivity contribution in [3.8, 4) is 0 Å². The third-order valence-corrected chi connectivity index (χ3v) is 9.47. The third-order valence-electron chi connectivity index (χ3n) is 9.47. The van der Waals surface area contributed by atoms with Crippen molar-refractivity contribution in [1.82, 2.24) is 15.0 Å². The van der Waals surface area contributed by atoms with Crippen molar-refractivity contribution < 1.29 is 19.8 Å². The fraction of sp³-hybridized carbons (Fsp3) is 0.368. The van der Waals surface area contributed by atoms with Crippen LogP contribution in [0, 0.1) is 5.92 Å². The summed E-state index contributed by atoms with van der Waals surface area (Å²) in [5.41, 5.74) is 3.01. The molecule has 4 aromatic rings. The van der Waals surface area contributed by atoms with Crippen LogP contribution in [0.3, 0.4) is 0 Å².